The summed E-state index contributed by atoms with van der Waals surface area (Å²) in [5.74, 6) is -0.983. The number of amides is 1. The van der Waals surface area contributed by atoms with Crippen molar-refractivity contribution < 1.29 is 31.1 Å². The van der Waals surface area contributed by atoms with Gasteiger partial charge in [0.15, 0.2) is 0 Å². The molecule has 0 heterocycles. The van der Waals surface area contributed by atoms with E-state index in [1.54, 1.807) is 30.3 Å². The first-order valence-corrected chi connectivity index (χ1v) is 11.7. The minimum atomic E-state index is -4.72. The zero-order valence-electron chi connectivity index (χ0n) is 17.8. The largest absolute Gasteiger partial charge is 0.495 e. The molecular weight excluding hydrogens is 493 g/mol. The molecule has 0 aliphatic heterocycles. The van der Waals surface area contributed by atoms with Gasteiger partial charge in [0.2, 0.25) is 15.9 Å². The number of benzene rings is 3. The second-order valence-electron chi connectivity index (χ2n) is 7.19. The summed E-state index contributed by atoms with van der Waals surface area (Å²) in [7, 11) is -3.09. The predicted molar refractivity (Wildman–Crippen MR) is 122 cm³/mol. The molecule has 3 aromatic carbocycles. The van der Waals surface area contributed by atoms with Crippen LogP contribution in [0, 0.1) is 0 Å². The van der Waals surface area contributed by atoms with Crippen LogP contribution in [-0.2, 0) is 27.4 Å². The Morgan fingerprint density at radius 1 is 1.03 bits per heavy atom. The third kappa shape index (κ3) is 6.28. The van der Waals surface area contributed by atoms with Gasteiger partial charge in [0.1, 0.15) is 16.7 Å². The molecule has 0 saturated carbocycles. The molecular formula is C23H20ClF3N2O4S. The van der Waals surface area contributed by atoms with Crippen LogP contribution in [0.4, 0.5) is 18.9 Å². The first kappa shape index (κ1) is 25.5. The van der Waals surface area contributed by atoms with Gasteiger partial charge in [-0.1, -0.05) is 54.1 Å². The van der Waals surface area contributed by atoms with Gasteiger partial charge in [0.25, 0.3) is 0 Å². The van der Waals surface area contributed by atoms with Crippen LogP contribution in [-0.4, -0.2) is 27.5 Å². The third-order valence-electron chi connectivity index (χ3n) is 4.80. The number of ether oxygens (including phenoxy) is 1. The number of anilines is 1. The molecule has 3 rings (SSSR count). The highest BCUT2D eigenvalue weighted by Gasteiger charge is 2.35. The molecule has 11 heteroatoms. The first-order chi connectivity index (χ1) is 16.0. The van der Waals surface area contributed by atoms with Crippen LogP contribution in [0.25, 0.3) is 0 Å². The molecule has 0 bridgehead atoms. The number of hydrogen-bond acceptors (Lipinski definition) is 4. The van der Waals surface area contributed by atoms with Gasteiger partial charge in [-0.3, -0.25) is 4.79 Å². The third-order valence-corrected chi connectivity index (χ3v) is 6.53. The van der Waals surface area contributed by atoms with Gasteiger partial charge in [-0.05, 0) is 42.3 Å². The van der Waals surface area contributed by atoms with Crippen molar-refractivity contribution in [3.63, 3.8) is 0 Å². The lowest BCUT2D eigenvalue weighted by atomic mass is 10.1. The van der Waals surface area contributed by atoms with E-state index in [1.807, 2.05) is 0 Å². The number of alkyl halides is 3. The van der Waals surface area contributed by atoms with E-state index in [4.69, 9.17) is 16.3 Å². The lowest BCUT2D eigenvalue weighted by molar-refractivity contribution is -0.137. The summed E-state index contributed by atoms with van der Waals surface area (Å²) in [5, 5.41) is 2.32. The van der Waals surface area contributed by atoms with Gasteiger partial charge in [0, 0.05) is 5.02 Å². The Morgan fingerprint density at radius 3 is 2.32 bits per heavy atom. The molecule has 0 unspecified atom stereocenters. The van der Waals surface area contributed by atoms with E-state index in [0.29, 0.717) is 5.56 Å². The van der Waals surface area contributed by atoms with E-state index in [9.17, 15) is 26.4 Å². The Morgan fingerprint density at radius 2 is 1.68 bits per heavy atom. The number of para-hydroxylation sites is 1. The number of methoxy groups -OCH3 is 1. The molecule has 0 aliphatic rings. The maximum Gasteiger partial charge on any atom is 0.418 e. The standard InChI is InChI=1S/C23H20ClF3N2O4S/c1-33-20-12-11-16(24)14-21(20)34(31,32)29-19(13-15-7-3-2-4-8-15)22(30)28-18-10-6-5-9-17(18)23(25,26)27/h2-12,14,19,29H,13H2,1H3,(H,28,30)/t19-/m0/s1. The maximum atomic E-state index is 13.4. The highest BCUT2D eigenvalue weighted by atomic mass is 35.5. The average molecular weight is 513 g/mol. The lowest BCUT2D eigenvalue weighted by Crippen LogP contribution is -2.45. The summed E-state index contributed by atoms with van der Waals surface area (Å²) >= 11 is 5.94. The minimum Gasteiger partial charge on any atom is -0.495 e. The van der Waals surface area contributed by atoms with Crippen molar-refractivity contribution in [2.75, 3.05) is 12.4 Å². The highest BCUT2D eigenvalue weighted by Crippen LogP contribution is 2.34. The quantitative estimate of drug-likeness (QED) is 0.450. The van der Waals surface area contributed by atoms with E-state index in [0.717, 1.165) is 18.2 Å². The maximum absolute atomic E-state index is 13.4. The lowest BCUT2D eigenvalue weighted by Gasteiger charge is -2.21. The summed E-state index contributed by atoms with van der Waals surface area (Å²) in [6, 6.07) is 15.4. The molecule has 2 N–H and O–H groups in total. The van der Waals surface area contributed by atoms with Crippen LogP contribution in [0.2, 0.25) is 5.02 Å². The van der Waals surface area contributed by atoms with E-state index in [2.05, 4.69) is 10.0 Å². The van der Waals surface area contributed by atoms with Crippen LogP contribution >= 0.6 is 11.6 Å². The summed E-state index contributed by atoms with van der Waals surface area (Å²) in [4.78, 5) is 12.7. The SMILES string of the molecule is COc1ccc(Cl)cc1S(=O)(=O)N[C@@H](Cc1ccccc1)C(=O)Nc1ccccc1C(F)(F)F. The number of rotatable bonds is 8. The summed E-state index contributed by atoms with van der Waals surface area (Å²) in [6.07, 6.45) is -4.84. The Labute approximate surface area is 199 Å². The number of sulfonamides is 1. The van der Waals surface area contributed by atoms with Crippen molar-refractivity contribution in [2.24, 2.45) is 0 Å². The molecule has 3 aromatic rings. The van der Waals surface area contributed by atoms with E-state index >= 15 is 0 Å². The van der Waals surface area contributed by atoms with Gasteiger partial charge >= 0.3 is 6.18 Å². The van der Waals surface area contributed by atoms with Crippen molar-refractivity contribution in [3.8, 4) is 5.75 Å². The minimum absolute atomic E-state index is 0.0156. The smallest absolute Gasteiger partial charge is 0.418 e. The summed E-state index contributed by atoms with van der Waals surface area (Å²) in [5.41, 5.74) is -0.953. The zero-order valence-corrected chi connectivity index (χ0v) is 19.3. The van der Waals surface area contributed by atoms with Gasteiger partial charge < -0.3 is 10.1 Å². The fraction of sp³-hybridized carbons (Fsp3) is 0.174. The topological polar surface area (TPSA) is 84.5 Å². The Kier molecular flexibility index (Phi) is 7.86. The Balaban J connectivity index is 1.97. The number of halogens is 4. The predicted octanol–water partition coefficient (Wildman–Crippen LogP) is 4.90. The summed E-state index contributed by atoms with van der Waals surface area (Å²) < 4.78 is 73.8. The molecule has 0 spiro atoms. The number of carbonyl (C=O) groups excluding carboxylic acids is 1. The number of hydrogen-bond donors (Lipinski definition) is 2. The van der Waals surface area contributed by atoms with Gasteiger partial charge in [-0.25, -0.2) is 8.42 Å². The van der Waals surface area contributed by atoms with Crippen molar-refractivity contribution >= 4 is 33.2 Å². The zero-order chi connectivity index (χ0) is 24.9. The number of carbonyl (C=O) groups is 1. The van der Waals surface area contributed by atoms with Crippen molar-refractivity contribution in [1.82, 2.24) is 4.72 Å². The normalized spacial score (nSPS) is 12.7. The molecule has 1 atom stereocenters. The fourth-order valence-corrected chi connectivity index (χ4v) is 4.84. The molecule has 0 saturated heterocycles. The molecule has 0 fully saturated rings. The molecule has 0 aromatic heterocycles. The monoisotopic (exact) mass is 512 g/mol. The van der Waals surface area contributed by atoms with Crippen LogP contribution in [0.5, 0.6) is 5.75 Å². The molecule has 1 amide bonds. The van der Waals surface area contributed by atoms with Gasteiger partial charge in [-0.2, -0.15) is 17.9 Å². The molecule has 34 heavy (non-hydrogen) atoms. The van der Waals surface area contributed by atoms with E-state index < -0.39 is 39.4 Å². The van der Waals surface area contributed by atoms with Crippen LogP contribution in [0.15, 0.2) is 77.7 Å². The summed E-state index contributed by atoms with van der Waals surface area (Å²) in [6.45, 7) is 0. The average Bonchev–Trinajstić information content (AvgIpc) is 2.79. The highest BCUT2D eigenvalue weighted by molar-refractivity contribution is 7.89. The van der Waals surface area contributed by atoms with Crippen LogP contribution in [0.1, 0.15) is 11.1 Å². The van der Waals surface area contributed by atoms with E-state index in [1.165, 1.54) is 31.4 Å². The van der Waals surface area contributed by atoms with Gasteiger partial charge in [0.05, 0.1) is 18.4 Å². The van der Waals surface area contributed by atoms with Crippen LogP contribution < -0.4 is 14.8 Å². The van der Waals surface area contributed by atoms with Crippen LogP contribution in [0.3, 0.4) is 0 Å². The second kappa shape index (κ2) is 10.5. The number of nitrogens with one attached hydrogen (secondary N) is 2. The molecule has 6 nitrogen and oxygen atoms in total. The molecule has 0 radical (unpaired) electrons. The van der Waals surface area contributed by atoms with E-state index in [-0.39, 0.29) is 22.1 Å². The molecule has 0 aliphatic carbocycles. The van der Waals surface area contributed by atoms with Crippen molar-refractivity contribution in [1.29, 1.82) is 0 Å². The Bertz CT molecular complexity index is 1270. The Hall–Kier alpha value is -3.08. The van der Waals surface area contributed by atoms with Gasteiger partial charge in [-0.15, -0.1) is 0 Å². The first-order valence-electron chi connectivity index (χ1n) is 9.88. The van der Waals surface area contributed by atoms with Crippen molar-refractivity contribution in [3.05, 3.63) is 88.9 Å². The second-order valence-corrected chi connectivity index (χ2v) is 9.31. The van der Waals surface area contributed by atoms with Crippen molar-refractivity contribution in [2.45, 2.75) is 23.5 Å². The molecule has 180 valence electrons. The fourth-order valence-electron chi connectivity index (χ4n) is 3.21.